The lowest BCUT2D eigenvalue weighted by molar-refractivity contribution is 0.535. The van der Waals surface area contributed by atoms with Crippen LogP contribution in [-0.4, -0.2) is 18.2 Å². The molecule has 1 aromatic heterocycles. The zero-order chi connectivity index (χ0) is 9.52. The number of nitrogens with two attached hydrogens (primary N) is 2. The second kappa shape index (κ2) is 2.34. The molecule has 0 saturated carbocycles. The maximum Gasteiger partial charge on any atom is 0.351 e. The summed E-state index contributed by atoms with van der Waals surface area (Å²) in [6.07, 6.45) is 0. The third-order valence-corrected chi connectivity index (χ3v) is 2.23. The summed E-state index contributed by atoms with van der Waals surface area (Å²) in [5, 5.41) is 2.72. The standard InChI is InChI=1S/C4H7FN4O2S/c1-9-4(12(5,10)11)2(6)3(7)8-9/h6H2,1H3,(H2,7,8). The Morgan fingerprint density at radius 3 is 2.17 bits per heavy atom. The smallest absolute Gasteiger partial charge is 0.351 e. The molecule has 6 nitrogen and oxygen atoms in total. The predicted molar refractivity (Wildman–Crippen MR) is 40.3 cm³/mol. The summed E-state index contributed by atoms with van der Waals surface area (Å²) in [5.74, 6) is -0.200. The Hall–Kier alpha value is -1.31. The highest BCUT2D eigenvalue weighted by molar-refractivity contribution is 7.86. The van der Waals surface area contributed by atoms with E-state index in [0.717, 1.165) is 4.68 Å². The lowest BCUT2D eigenvalue weighted by Gasteiger charge is -1.94. The first kappa shape index (κ1) is 8.78. The van der Waals surface area contributed by atoms with Crippen LogP contribution in [0.15, 0.2) is 5.03 Å². The number of hydrogen-bond donors (Lipinski definition) is 2. The zero-order valence-corrected chi connectivity index (χ0v) is 6.97. The maximum absolute atomic E-state index is 12.4. The maximum atomic E-state index is 12.4. The number of nitrogen functional groups attached to an aromatic ring is 2. The van der Waals surface area contributed by atoms with Crippen molar-refractivity contribution in [3.05, 3.63) is 0 Å². The van der Waals surface area contributed by atoms with E-state index < -0.39 is 15.2 Å². The van der Waals surface area contributed by atoms with E-state index in [1.165, 1.54) is 7.05 Å². The van der Waals surface area contributed by atoms with Gasteiger partial charge < -0.3 is 11.5 Å². The van der Waals surface area contributed by atoms with Gasteiger partial charge >= 0.3 is 10.2 Å². The van der Waals surface area contributed by atoms with Gasteiger partial charge in [0.05, 0.1) is 0 Å². The summed E-state index contributed by atoms with van der Waals surface area (Å²) in [6.45, 7) is 0. The van der Waals surface area contributed by atoms with E-state index in [-0.39, 0.29) is 11.5 Å². The van der Waals surface area contributed by atoms with Crippen molar-refractivity contribution in [3.63, 3.8) is 0 Å². The topological polar surface area (TPSA) is 104 Å². The number of aromatic nitrogens is 2. The third-order valence-electron chi connectivity index (χ3n) is 1.29. The molecule has 0 aromatic carbocycles. The molecule has 0 amide bonds. The molecule has 0 bridgehead atoms. The minimum Gasteiger partial charge on any atom is -0.393 e. The first-order chi connectivity index (χ1) is 5.34. The minimum absolute atomic E-state index is 0.200. The largest absolute Gasteiger partial charge is 0.393 e. The first-order valence-corrected chi connectivity index (χ1v) is 4.25. The molecule has 8 heteroatoms. The van der Waals surface area contributed by atoms with Gasteiger partial charge in [0.25, 0.3) is 0 Å². The number of anilines is 2. The molecular weight excluding hydrogens is 187 g/mol. The van der Waals surface area contributed by atoms with Crippen LogP contribution >= 0.6 is 0 Å². The fourth-order valence-corrected chi connectivity index (χ4v) is 1.56. The van der Waals surface area contributed by atoms with Crippen molar-refractivity contribution in [2.24, 2.45) is 7.05 Å². The summed E-state index contributed by atoms with van der Waals surface area (Å²) in [7, 11) is -3.61. The molecule has 0 radical (unpaired) electrons. The molecule has 0 aliphatic carbocycles. The van der Waals surface area contributed by atoms with Crippen molar-refractivity contribution in [1.82, 2.24) is 9.78 Å². The van der Waals surface area contributed by atoms with E-state index in [2.05, 4.69) is 5.10 Å². The molecule has 68 valence electrons. The number of halogens is 1. The number of rotatable bonds is 1. The number of nitrogens with zero attached hydrogens (tertiary/aromatic N) is 2. The van der Waals surface area contributed by atoms with E-state index in [1.807, 2.05) is 0 Å². The van der Waals surface area contributed by atoms with Crippen molar-refractivity contribution < 1.29 is 12.3 Å². The van der Waals surface area contributed by atoms with Gasteiger partial charge in [0.15, 0.2) is 5.82 Å². The van der Waals surface area contributed by atoms with Crippen LogP contribution in [0.2, 0.25) is 0 Å². The Labute approximate surface area is 68.2 Å². The molecule has 0 spiro atoms. The molecule has 0 atom stereocenters. The average Bonchev–Trinajstić information content (AvgIpc) is 2.05. The average molecular weight is 194 g/mol. The summed E-state index contributed by atoms with van der Waals surface area (Å²) >= 11 is 0. The van der Waals surface area contributed by atoms with Gasteiger partial charge in [0.2, 0.25) is 5.03 Å². The molecule has 0 saturated heterocycles. The molecule has 0 aliphatic heterocycles. The van der Waals surface area contributed by atoms with Crippen LogP contribution in [0.5, 0.6) is 0 Å². The number of hydrogen-bond acceptors (Lipinski definition) is 5. The van der Waals surface area contributed by atoms with Gasteiger partial charge in [-0.15, -0.1) is 0 Å². The summed E-state index contributed by atoms with van der Waals surface area (Å²) in [4.78, 5) is 0. The highest BCUT2D eigenvalue weighted by Crippen LogP contribution is 2.24. The van der Waals surface area contributed by atoms with E-state index in [9.17, 15) is 12.3 Å². The highest BCUT2D eigenvalue weighted by atomic mass is 32.3. The second-order valence-corrected chi connectivity index (χ2v) is 3.43. The van der Waals surface area contributed by atoms with Crippen molar-refractivity contribution >= 4 is 21.7 Å². The van der Waals surface area contributed by atoms with E-state index >= 15 is 0 Å². The molecular formula is C4H7FN4O2S. The highest BCUT2D eigenvalue weighted by Gasteiger charge is 2.23. The van der Waals surface area contributed by atoms with Crippen LogP contribution in [0.4, 0.5) is 15.4 Å². The van der Waals surface area contributed by atoms with Crippen molar-refractivity contribution in [3.8, 4) is 0 Å². The van der Waals surface area contributed by atoms with Crippen molar-refractivity contribution in [2.45, 2.75) is 5.03 Å². The summed E-state index contributed by atoms with van der Waals surface area (Å²) in [5.41, 5.74) is 9.95. The summed E-state index contributed by atoms with van der Waals surface area (Å²) in [6, 6.07) is 0. The second-order valence-electron chi connectivity index (χ2n) is 2.17. The van der Waals surface area contributed by atoms with Crippen LogP contribution in [0.1, 0.15) is 0 Å². The van der Waals surface area contributed by atoms with Gasteiger partial charge in [-0.05, 0) is 0 Å². The SMILES string of the molecule is Cn1nc(N)c(N)c1S(=O)(=O)F. The Morgan fingerprint density at radius 1 is 1.50 bits per heavy atom. The van der Waals surface area contributed by atoms with Gasteiger partial charge in [-0.25, -0.2) is 0 Å². The lowest BCUT2D eigenvalue weighted by atomic mass is 10.5. The van der Waals surface area contributed by atoms with Crippen LogP contribution in [0.25, 0.3) is 0 Å². The Morgan fingerprint density at radius 2 is 2.00 bits per heavy atom. The fourth-order valence-electron chi connectivity index (χ4n) is 0.834. The van der Waals surface area contributed by atoms with Crippen LogP contribution < -0.4 is 11.5 Å². The lowest BCUT2D eigenvalue weighted by Crippen LogP contribution is -2.04. The van der Waals surface area contributed by atoms with E-state index in [1.54, 1.807) is 0 Å². The molecule has 12 heavy (non-hydrogen) atoms. The number of aryl methyl sites for hydroxylation is 1. The van der Waals surface area contributed by atoms with E-state index in [0.29, 0.717) is 0 Å². The zero-order valence-electron chi connectivity index (χ0n) is 6.15. The molecule has 0 fully saturated rings. The summed E-state index contributed by atoms with van der Waals surface area (Å²) < 4.78 is 34.1. The first-order valence-electron chi connectivity index (χ1n) is 2.86. The van der Waals surface area contributed by atoms with Gasteiger partial charge in [-0.3, -0.25) is 4.68 Å². The normalized spacial score (nSPS) is 11.8. The van der Waals surface area contributed by atoms with Gasteiger partial charge in [-0.1, -0.05) is 3.89 Å². The monoisotopic (exact) mass is 194 g/mol. The van der Waals surface area contributed by atoms with Crippen LogP contribution in [-0.2, 0) is 17.3 Å². The molecule has 0 aliphatic rings. The molecule has 1 aromatic rings. The Kier molecular flexibility index (Phi) is 1.71. The van der Waals surface area contributed by atoms with Crippen LogP contribution in [0, 0.1) is 0 Å². The van der Waals surface area contributed by atoms with Crippen LogP contribution in [0.3, 0.4) is 0 Å². The molecule has 0 unspecified atom stereocenters. The van der Waals surface area contributed by atoms with Gasteiger partial charge in [-0.2, -0.15) is 13.5 Å². The van der Waals surface area contributed by atoms with E-state index in [4.69, 9.17) is 11.5 Å². The molecule has 4 N–H and O–H groups in total. The Bertz CT molecular complexity index is 409. The Balaban J connectivity index is 3.54. The molecule has 1 heterocycles. The van der Waals surface area contributed by atoms with Gasteiger partial charge in [0.1, 0.15) is 5.69 Å². The van der Waals surface area contributed by atoms with Crippen molar-refractivity contribution in [2.75, 3.05) is 11.5 Å². The van der Waals surface area contributed by atoms with Crippen molar-refractivity contribution in [1.29, 1.82) is 0 Å². The fraction of sp³-hybridized carbons (Fsp3) is 0.250. The predicted octanol–water partition coefficient (Wildman–Crippen LogP) is -0.757. The molecule has 1 rings (SSSR count). The minimum atomic E-state index is -4.85. The quantitative estimate of drug-likeness (QED) is 0.572. The third kappa shape index (κ3) is 1.20. The van der Waals surface area contributed by atoms with Gasteiger partial charge in [0, 0.05) is 7.05 Å².